The second kappa shape index (κ2) is 32.5. The third-order valence-electron chi connectivity index (χ3n) is 9.13. The first kappa shape index (κ1) is 45.0. The van der Waals surface area contributed by atoms with Gasteiger partial charge in [0.25, 0.3) is 0 Å². The highest BCUT2D eigenvalue weighted by molar-refractivity contribution is 5.78. The number of carbonyl (C=O) groups is 2. The summed E-state index contributed by atoms with van der Waals surface area (Å²) >= 11 is 0. The Morgan fingerprint density at radius 2 is 0.717 bits per heavy atom. The molecule has 1 aliphatic heterocycles. The summed E-state index contributed by atoms with van der Waals surface area (Å²) in [6.45, 7) is 5.88. The summed E-state index contributed by atoms with van der Waals surface area (Å²) in [6.07, 6.45) is 67.2. The van der Waals surface area contributed by atoms with Crippen molar-refractivity contribution in [3.63, 3.8) is 0 Å². The van der Waals surface area contributed by atoms with Crippen molar-refractivity contribution in [2.45, 2.75) is 123 Å². The highest BCUT2D eigenvalue weighted by atomic mass is 16.2. The molecule has 0 aromatic rings. The second-order valence-corrected chi connectivity index (χ2v) is 13.6. The zero-order chi connectivity index (χ0) is 37.9. The molecule has 0 radical (unpaired) electrons. The molecule has 2 unspecified atom stereocenters. The number of hydrogen-bond donors (Lipinski definition) is 1. The van der Waals surface area contributed by atoms with E-state index in [1.54, 1.807) is 0 Å². The molecule has 2 amide bonds. The summed E-state index contributed by atoms with van der Waals surface area (Å²) in [4.78, 5) is 27.1. The smallest absolute Gasteiger partial charge is 0.222 e. The van der Waals surface area contributed by atoms with Crippen LogP contribution in [0.5, 0.6) is 0 Å². The van der Waals surface area contributed by atoms with E-state index in [0.29, 0.717) is 24.7 Å². The SMILES string of the molecule is CC/C=C\C/C=C\C/C=C\C/C=C\C/C=C\C/C=C\CCC(=O)NC1C2CN(C(=O)CC/C=C\C/C=C\C/C=C\C/C=C\C/C=C\C/C=C\CC)CC21. The second-order valence-electron chi connectivity index (χ2n) is 13.6. The van der Waals surface area contributed by atoms with Crippen LogP contribution in [0.15, 0.2) is 146 Å². The van der Waals surface area contributed by atoms with E-state index in [1.807, 2.05) is 4.90 Å². The Bertz CT molecular complexity index is 1330. The Hall–Kier alpha value is -4.18. The van der Waals surface area contributed by atoms with E-state index in [-0.39, 0.29) is 17.9 Å². The fourth-order valence-electron chi connectivity index (χ4n) is 6.06. The van der Waals surface area contributed by atoms with Crippen molar-refractivity contribution in [1.29, 1.82) is 0 Å². The molecule has 0 aromatic carbocycles. The monoisotopic (exact) mass is 719 g/mol. The van der Waals surface area contributed by atoms with E-state index in [4.69, 9.17) is 0 Å². The topological polar surface area (TPSA) is 49.4 Å². The van der Waals surface area contributed by atoms with Crippen LogP contribution in [0.25, 0.3) is 0 Å². The molecule has 1 aliphatic carbocycles. The van der Waals surface area contributed by atoms with Crippen LogP contribution < -0.4 is 5.32 Å². The average Bonchev–Trinajstić information content (AvgIpc) is 3.57. The molecule has 1 N–H and O–H groups in total. The molecule has 2 atom stereocenters. The fraction of sp³-hybridized carbons (Fsp3) is 0.469. The van der Waals surface area contributed by atoms with Gasteiger partial charge in [0.05, 0.1) is 0 Å². The predicted molar refractivity (Wildman–Crippen MR) is 230 cm³/mol. The van der Waals surface area contributed by atoms with E-state index < -0.39 is 0 Å². The lowest BCUT2D eigenvalue weighted by Crippen LogP contribution is -2.37. The minimum atomic E-state index is 0.124. The maximum absolute atomic E-state index is 12.7. The van der Waals surface area contributed by atoms with Gasteiger partial charge >= 0.3 is 0 Å². The third kappa shape index (κ3) is 24.6. The van der Waals surface area contributed by atoms with Crippen molar-refractivity contribution >= 4 is 11.8 Å². The molecule has 288 valence electrons. The molecule has 2 rings (SSSR count). The van der Waals surface area contributed by atoms with Gasteiger partial charge in [-0.3, -0.25) is 9.59 Å². The van der Waals surface area contributed by atoms with Gasteiger partial charge in [0, 0.05) is 43.8 Å². The van der Waals surface area contributed by atoms with Crippen LogP contribution in [0.2, 0.25) is 0 Å². The molecule has 4 nitrogen and oxygen atoms in total. The molecule has 0 bridgehead atoms. The Morgan fingerprint density at radius 1 is 0.434 bits per heavy atom. The molecular formula is C49H70N2O2. The maximum Gasteiger partial charge on any atom is 0.222 e. The average molecular weight is 719 g/mol. The van der Waals surface area contributed by atoms with Crippen LogP contribution >= 0.6 is 0 Å². The normalized spacial score (nSPS) is 19.6. The van der Waals surface area contributed by atoms with Crippen LogP contribution in [0.4, 0.5) is 0 Å². The Morgan fingerprint density at radius 3 is 1.04 bits per heavy atom. The number of likely N-dealkylation sites (tertiary alicyclic amines) is 1. The zero-order valence-corrected chi connectivity index (χ0v) is 33.1. The lowest BCUT2D eigenvalue weighted by atomic mass is 10.2. The number of nitrogens with one attached hydrogen (secondary N) is 1. The zero-order valence-electron chi connectivity index (χ0n) is 33.1. The number of hydrogen-bond acceptors (Lipinski definition) is 2. The Labute approximate surface area is 324 Å². The molecule has 1 heterocycles. The standard InChI is InChI=1S/C49H70N2O2/c1-3-5-7-9-11-13-15-17-19-21-23-25-27-29-31-33-35-37-39-41-47(52)50-49-45-43-51(44-46(45)49)48(53)42-40-38-36-34-32-30-28-26-24-22-20-18-16-14-12-10-8-6-4-2/h5-8,11-14,17-20,23-26,29-32,35-38,45-46,49H,3-4,9-10,15-16,21-22,27-28,33-34,39-44H2,1-2H3,(H,50,52)/b7-5-,8-6-,13-11-,14-12-,19-17-,20-18-,25-23-,26-24-,31-29-,32-30-,37-35-,38-36-. The first-order valence-corrected chi connectivity index (χ1v) is 20.5. The van der Waals surface area contributed by atoms with E-state index >= 15 is 0 Å². The number of amides is 2. The van der Waals surface area contributed by atoms with Crippen LogP contribution in [-0.4, -0.2) is 35.8 Å². The minimum Gasteiger partial charge on any atom is -0.353 e. The van der Waals surface area contributed by atoms with Crippen LogP contribution in [-0.2, 0) is 9.59 Å². The van der Waals surface area contributed by atoms with Crippen LogP contribution in [0.3, 0.4) is 0 Å². The van der Waals surface area contributed by atoms with Gasteiger partial charge in [-0.1, -0.05) is 160 Å². The summed E-state index contributed by atoms with van der Waals surface area (Å²) in [7, 11) is 0. The maximum atomic E-state index is 12.7. The van der Waals surface area contributed by atoms with E-state index in [9.17, 15) is 9.59 Å². The molecule has 4 heteroatoms. The highest BCUT2D eigenvalue weighted by Crippen LogP contribution is 2.45. The number of rotatable bonds is 29. The number of carbonyl (C=O) groups excluding carboxylic acids is 2. The first-order valence-electron chi connectivity index (χ1n) is 20.5. The molecule has 1 saturated heterocycles. The van der Waals surface area contributed by atoms with E-state index in [0.717, 1.165) is 103 Å². The Kier molecular flexibility index (Phi) is 27.6. The molecule has 53 heavy (non-hydrogen) atoms. The van der Waals surface area contributed by atoms with Gasteiger partial charge < -0.3 is 10.2 Å². The molecule has 2 fully saturated rings. The van der Waals surface area contributed by atoms with Crippen molar-refractivity contribution in [3.05, 3.63) is 146 Å². The minimum absolute atomic E-state index is 0.124. The first-order chi connectivity index (χ1) is 26.2. The van der Waals surface area contributed by atoms with Crippen molar-refractivity contribution in [2.75, 3.05) is 13.1 Å². The largest absolute Gasteiger partial charge is 0.353 e. The highest BCUT2D eigenvalue weighted by Gasteiger charge is 2.57. The molecule has 0 aromatic heterocycles. The van der Waals surface area contributed by atoms with Gasteiger partial charge in [-0.2, -0.15) is 0 Å². The summed E-state index contributed by atoms with van der Waals surface area (Å²) in [6, 6.07) is 0.250. The van der Waals surface area contributed by atoms with Gasteiger partial charge in [0.1, 0.15) is 0 Å². The molecular weight excluding hydrogens is 649 g/mol. The summed E-state index contributed by atoms with van der Waals surface area (Å²) in [5.74, 6) is 1.22. The number of allylic oxidation sites excluding steroid dienone is 24. The van der Waals surface area contributed by atoms with Crippen molar-refractivity contribution in [1.82, 2.24) is 10.2 Å². The van der Waals surface area contributed by atoms with Gasteiger partial charge in [-0.05, 0) is 89.9 Å². The summed E-state index contributed by atoms with van der Waals surface area (Å²) in [5.41, 5.74) is 0. The van der Waals surface area contributed by atoms with Gasteiger partial charge in [-0.15, -0.1) is 0 Å². The lowest BCUT2D eigenvalue weighted by molar-refractivity contribution is -0.130. The lowest BCUT2D eigenvalue weighted by Gasteiger charge is -2.20. The number of piperidine rings is 1. The molecule has 2 aliphatic rings. The van der Waals surface area contributed by atoms with Crippen LogP contribution in [0, 0.1) is 11.8 Å². The summed E-state index contributed by atoms with van der Waals surface area (Å²) in [5, 5.41) is 3.21. The van der Waals surface area contributed by atoms with Crippen molar-refractivity contribution < 1.29 is 9.59 Å². The van der Waals surface area contributed by atoms with Gasteiger partial charge in [0.2, 0.25) is 11.8 Å². The molecule has 0 spiro atoms. The van der Waals surface area contributed by atoms with Crippen molar-refractivity contribution in [2.24, 2.45) is 11.8 Å². The number of nitrogens with zero attached hydrogens (tertiary/aromatic N) is 1. The van der Waals surface area contributed by atoms with Gasteiger partial charge in [-0.25, -0.2) is 0 Å². The third-order valence-corrected chi connectivity index (χ3v) is 9.13. The molecule has 1 saturated carbocycles. The van der Waals surface area contributed by atoms with Crippen molar-refractivity contribution in [3.8, 4) is 0 Å². The van der Waals surface area contributed by atoms with E-state index in [1.165, 1.54) is 0 Å². The predicted octanol–water partition coefficient (Wildman–Crippen LogP) is 12.5. The van der Waals surface area contributed by atoms with Crippen LogP contribution in [0.1, 0.15) is 117 Å². The quantitative estimate of drug-likeness (QED) is 0.0783. The Balaban J connectivity index is 1.41. The fourth-order valence-corrected chi connectivity index (χ4v) is 6.06. The number of fused-ring (bicyclic) bond motifs is 1. The summed E-state index contributed by atoms with van der Waals surface area (Å²) < 4.78 is 0. The van der Waals surface area contributed by atoms with E-state index in [2.05, 4.69) is 165 Å². The van der Waals surface area contributed by atoms with Gasteiger partial charge in [0.15, 0.2) is 0 Å².